The highest BCUT2D eigenvalue weighted by molar-refractivity contribution is 5.80. The first-order valence-corrected chi connectivity index (χ1v) is 10.3. The van der Waals surface area contributed by atoms with Gasteiger partial charge in [0.05, 0.1) is 20.3 Å². The summed E-state index contributed by atoms with van der Waals surface area (Å²) in [5.74, 6) is 3.20. The molecule has 2 N–H and O–H groups in total. The third-order valence-corrected chi connectivity index (χ3v) is 4.88. The number of aromatic nitrogens is 1. The number of hydrogen-bond acceptors (Lipinski definition) is 6. The molecule has 2 heterocycles. The highest BCUT2D eigenvalue weighted by Crippen LogP contribution is 2.28. The van der Waals surface area contributed by atoms with Gasteiger partial charge in [-0.15, -0.1) is 0 Å². The quantitative estimate of drug-likeness (QED) is 0.504. The average Bonchev–Trinajstić information content (AvgIpc) is 2.81. The zero-order valence-electron chi connectivity index (χ0n) is 17.8. The number of rotatable bonds is 8. The Kier molecular flexibility index (Phi) is 8.14. The Morgan fingerprint density at radius 2 is 2.00 bits per heavy atom. The van der Waals surface area contributed by atoms with Gasteiger partial charge in [0.2, 0.25) is 0 Å². The molecule has 0 atom stereocenters. The maximum atomic E-state index is 8.94. The maximum absolute atomic E-state index is 8.94. The molecule has 0 bridgehead atoms. The van der Waals surface area contributed by atoms with Crippen LogP contribution < -0.4 is 19.7 Å². The van der Waals surface area contributed by atoms with Crippen molar-refractivity contribution in [2.75, 3.05) is 57.9 Å². The number of hydrogen-bond donors (Lipinski definition) is 2. The number of guanidine groups is 1. The normalized spacial score (nSPS) is 14.6. The molecule has 1 aromatic carbocycles. The third kappa shape index (κ3) is 5.76. The van der Waals surface area contributed by atoms with Crippen LogP contribution in [0.4, 0.5) is 5.82 Å². The molecule has 8 heteroatoms. The van der Waals surface area contributed by atoms with Crippen LogP contribution in [0.1, 0.15) is 12.5 Å². The van der Waals surface area contributed by atoms with Crippen LogP contribution in [0, 0.1) is 0 Å². The predicted octanol–water partition coefficient (Wildman–Crippen LogP) is 1.75. The van der Waals surface area contributed by atoms with Crippen molar-refractivity contribution in [2.24, 2.45) is 4.99 Å². The second-order valence-corrected chi connectivity index (χ2v) is 6.89. The van der Waals surface area contributed by atoms with Crippen molar-refractivity contribution >= 4 is 11.8 Å². The largest absolute Gasteiger partial charge is 0.493 e. The van der Waals surface area contributed by atoms with E-state index in [4.69, 9.17) is 19.6 Å². The summed E-state index contributed by atoms with van der Waals surface area (Å²) < 4.78 is 10.9. The number of aliphatic hydroxyl groups excluding tert-OH is 1. The SMILES string of the molecule is CCNC(=NCc1ccc(OCCO)c(OC)c1)N1CCN(c2ccccn2)CC1. The highest BCUT2D eigenvalue weighted by Gasteiger charge is 2.20. The highest BCUT2D eigenvalue weighted by atomic mass is 16.5. The number of anilines is 1. The van der Waals surface area contributed by atoms with E-state index >= 15 is 0 Å². The molecule has 2 aromatic rings. The first kappa shape index (κ1) is 21.7. The number of nitrogens with zero attached hydrogens (tertiary/aromatic N) is 4. The molecule has 0 amide bonds. The van der Waals surface area contributed by atoms with Crippen molar-refractivity contribution in [1.29, 1.82) is 0 Å². The van der Waals surface area contributed by atoms with Crippen LogP contribution in [0.25, 0.3) is 0 Å². The maximum Gasteiger partial charge on any atom is 0.194 e. The number of pyridine rings is 1. The van der Waals surface area contributed by atoms with Crippen molar-refractivity contribution < 1.29 is 14.6 Å². The molecule has 0 unspecified atom stereocenters. The van der Waals surface area contributed by atoms with Crippen LogP contribution in [0.2, 0.25) is 0 Å². The van der Waals surface area contributed by atoms with E-state index in [9.17, 15) is 0 Å². The summed E-state index contributed by atoms with van der Waals surface area (Å²) in [6.45, 7) is 7.24. The summed E-state index contributed by atoms with van der Waals surface area (Å²) in [6, 6.07) is 11.8. The van der Waals surface area contributed by atoms with Gasteiger partial charge >= 0.3 is 0 Å². The lowest BCUT2D eigenvalue weighted by Crippen LogP contribution is -2.52. The molecule has 1 fully saturated rings. The summed E-state index contributed by atoms with van der Waals surface area (Å²) in [5.41, 5.74) is 1.03. The van der Waals surface area contributed by atoms with Crippen LogP contribution in [-0.2, 0) is 6.54 Å². The molecule has 0 spiro atoms. The van der Waals surface area contributed by atoms with Gasteiger partial charge in [0, 0.05) is 38.9 Å². The van der Waals surface area contributed by atoms with Gasteiger partial charge in [0.25, 0.3) is 0 Å². The first-order valence-electron chi connectivity index (χ1n) is 10.3. The topological polar surface area (TPSA) is 82.5 Å². The van der Waals surface area contributed by atoms with E-state index in [-0.39, 0.29) is 13.2 Å². The van der Waals surface area contributed by atoms with E-state index in [2.05, 4.69) is 33.1 Å². The van der Waals surface area contributed by atoms with Gasteiger partial charge in [-0.25, -0.2) is 9.98 Å². The molecular formula is C22H31N5O3. The molecule has 0 radical (unpaired) electrons. The lowest BCUT2D eigenvalue weighted by Gasteiger charge is -2.37. The Labute approximate surface area is 178 Å². The summed E-state index contributed by atoms with van der Waals surface area (Å²) in [7, 11) is 1.61. The fraction of sp³-hybridized carbons (Fsp3) is 0.455. The van der Waals surface area contributed by atoms with Crippen LogP contribution in [0.3, 0.4) is 0 Å². The third-order valence-electron chi connectivity index (χ3n) is 4.88. The lowest BCUT2D eigenvalue weighted by atomic mass is 10.2. The van der Waals surface area contributed by atoms with Gasteiger partial charge in [-0.05, 0) is 36.8 Å². The van der Waals surface area contributed by atoms with Gasteiger partial charge in [-0.2, -0.15) is 0 Å². The lowest BCUT2D eigenvalue weighted by molar-refractivity contribution is 0.196. The van der Waals surface area contributed by atoms with E-state index in [1.165, 1.54) is 0 Å². The number of nitrogens with one attached hydrogen (secondary N) is 1. The molecule has 1 aliphatic heterocycles. The van der Waals surface area contributed by atoms with Crippen LogP contribution in [0.15, 0.2) is 47.6 Å². The van der Waals surface area contributed by atoms with E-state index in [1.54, 1.807) is 7.11 Å². The molecule has 1 aliphatic rings. The number of piperazine rings is 1. The monoisotopic (exact) mass is 413 g/mol. The fourth-order valence-electron chi connectivity index (χ4n) is 3.37. The number of aliphatic hydroxyl groups is 1. The van der Waals surface area contributed by atoms with Crippen molar-refractivity contribution in [2.45, 2.75) is 13.5 Å². The van der Waals surface area contributed by atoms with Crippen LogP contribution >= 0.6 is 0 Å². The zero-order valence-corrected chi connectivity index (χ0v) is 17.8. The zero-order chi connectivity index (χ0) is 21.2. The van der Waals surface area contributed by atoms with E-state index in [1.807, 2.05) is 36.5 Å². The standard InChI is InChI=1S/C22H31N5O3/c1-3-23-22(27-12-10-26(11-13-27)21-6-4-5-9-24-21)25-17-18-7-8-19(30-15-14-28)20(16-18)29-2/h4-9,16,28H,3,10-15,17H2,1-2H3,(H,23,25). The molecule has 30 heavy (non-hydrogen) atoms. The first-order chi connectivity index (χ1) is 14.7. The molecule has 1 saturated heterocycles. The molecule has 0 saturated carbocycles. The van der Waals surface area contributed by atoms with Gasteiger partial charge in [0.15, 0.2) is 17.5 Å². The molecule has 1 aromatic heterocycles. The number of methoxy groups -OCH3 is 1. The van der Waals surface area contributed by atoms with Crippen LogP contribution in [0.5, 0.6) is 11.5 Å². The minimum absolute atomic E-state index is 0.0329. The van der Waals surface area contributed by atoms with Gasteiger partial charge in [-0.3, -0.25) is 0 Å². The summed E-state index contributed by atoms with van der Waals surface area (Å²) >= 11 is 0. The van der Waals surface area contributed by atoms with E-state index in [0.29, 0.717) is 18.0 Å². The van der Waals surface area contributed by atoms with E-state index in [0.717, 1.165) is 50.1 Å². The minimum atomic E-state index is -0.0329. The molecule has 3 rings (SSSR count). The molecule has 0 aliphatic carbocycles. The second kappa shape index (κ2) is 11.3. The number of ether oxygens (including phenoxy) is 2. The smallest absolute Gasteiger partial charge is 0.194 e. The Morgan fingerprint density at radius 1 is 1.17 bits per heavy atom. The number of benzene rings is 1. The molecular weight excluding hydrogens is 382 g/mol. The van der Waals surface area contributed by atoms with Gasteiger partial charge < -0.3 is 29.7 Å². The van der Waals surface area contributed by atoms with Crippen molar-refractivity contribution in [1.82, 2.24) is 15.2 Å². The Morgan fingerprint density at radius 3 is 2.67 bits per heavy atom. The summed E-state index contributed by atoms with van der Waals surface area (Å²) in [6.07, 6.45) is 1.83. The Balaban J connectivity index is 1.63. The van der Waals surface area contributed by atoms with Gasteiger partial charge in [-0.1, -0.05) is 12.1 Å². The minimum Gasteiger partial charge on any atom is -0.493 e. The van der Waals surface area contributed by atoms with Crippen molar-refractivity contribution in [3.63, 3.8) is 0 Å². The molecule has 162 valence electrons. The Hall–Kier alpha value is -3.00. The average molecular weight is 414 g/mol. The van der Waals surface area contributed by atoms with Gasteiger partial charge in [0.1, 0.15) is 12.4 Å². The van der Waals surface area contributed by atoms with Crippen molar-refractivity contribution in [3.8, 4) is 11.5 Å². The second-order valence-electron chi connectivity index (χ2n) is 6.89. The fourth-order valence-corrected chi connectivity index (χ4v) is 3.37. The summed E-state index contributed by atoms with van der Waals surface area (Å²) in [5, 5.41) is 12.3. The summed E-state index contributed by atoms with van der Waals surface area (Å²) in [4.78, 5) is 13.9. The van der Waals surface area contributed by atoms with Crippen LogP contribution in [-0.4, -0.2) is 74.0 Å². The van der Waals surface area contributed by atoms with E-state index < -0.39 is 0 Å². The van der Waals surface area contributed by atoms with Crippen molar-refractivity contribution in [3.05, 3.63) is 48.2 Å². The Bertz CT molecular complexity index is 808. The molecule has 8 nitrogen and oxygen atoms in total. The predicted molar refractivity (Wildman–Crippen MR) is 118 cm³/mol. The number of aliphatic imine (C=N–C) groups is 1.